The Labute approximate surface area is 96.6 Å². The fourth-order valence-corrected chi connectivity index (χ4v) is 2.55. The second-order valence-corrected chi connectivity index (χ2v) is 4.43. The van der Waals surface area contributed by atoms with Gasteiger partial charge in [0.05, 0.1) is 7.11 Å². The summed E-state index contributed by atoms with van der Waals surface area (Å²) in [4.78, 5) is 2.31. The van der Waals surface area contributed by atoms with Crippen LogP contribution in [0.4, 0.5) is 0 Å². The molecule has 2 rings (SSSR count). The normalized spacial score (nSPS) is 25.9. The zero-order valence-electron chi connectivity index (χ0n) is 9.89. The summed E-state index contributed by atoms with van der Waals surface area (Å²) in [5.74, 6) is 1.24. The van der Waals surface area contributed by atoms with E-state index in [1.165, 1.54) is 5.56 Å². The molecule has 1 saturated heterocycles. The number of aliphatic hydroxyl groups is 1. The molecular formula is C13H19NO2. The molecule has 0 radical (unpaired) electrons. The molecule has 0 bridgehead atoms. The Morgan fingerprint density at radius 2 is 2.06 bits per heavy atom. The van der Waals surface area contributed by atoms with Gasteiger partial charge in [-0.3, -0.25) is 4.90 Å². The highest BCUT2D eigenvalue weighted by molar-refractivity contribution is 5.30. The van der Waals surface area contributed by atoms with Gasteiger partial charge in [0.25, 0.3) is 0 Å². The molecule has 1 aromatic carbocycles. The lowest BCUT2D eigenvalue weighted by molar-refractivity contribution is 0.182. The maximum atomic E-state index is 9.36. The van der Waals surface area contributed by atoms with Gasteiger partial charge in [0.2, 0.25) is 0 Å². The third kappa shape index (κ3) is 2.06. The van der Waals surface area contributed by atoms with Gasteiger partial charge in [-0.15, -0.1) is 0 Å². The lowest BCUT2D eigenvalue weighted by Gasteiger charge is -2.24. The van der Waals surface area contributed by atoms with Gasteiger partial charge in [-0.1, -0.05) is 12.1 Å². The molecule has 1 aliphatic heterocycles. The van der Waals surface area contributed by atoms with Crippen molar-refractivity contribution in [2.75, 3.05) is 27.3 Å². The third-order valence-electron chi connectivity index (χ3n) is 3.47. The Morgan fingerprint density at radius 3 is 2.62 bits per heavy atom. The molecule has 16 heavy (non-hydrogen) atoms. The lowest BCUT2D eigenvalue weighted by Crippen LogP contribution is -2.22. The summed E-state index contributed by atoms with van der Waals surface area (Å²) in [7, 11) is 3.79. The van der Waals surface area contributed by atoms with Gasteiger partial charge in [0.1, 0.15) is 5.75 Å². The van der Waals surface area contributed by atoms with Crippen LogP contribution in [-0.4, -0.2) is 37.3 Å². The van der Waals surface area contributed by atoms with Crippen molar-refractivity contribution in [3.8, 4) is 5.75 Å². The molecule has 1 heterocycles. The van der Waals surface area contributed by atoms with E-state index in [4.69, 9.17) is 4.74 Å². The van der Waals surface area contributed by atoms with E-state index in [1.807, 2.05) is 12.1 Å². The van der Waals surface area contributed by atoms with Gasteiger partial charge in [-0.2, -0.15) is 0 Å². The quantitative estimate of drug-likeness (QED) is 0.843. The van der Waals surface area contributed by atoms with Crippen molar-refractivity contribution in [2.45, 2.75) is 12.5 Å². The zero-order chi connectivity index (χ0) is 11.5. The molecule has 0 saturated carbocycles. The Kier molecular flexibility index (Phi) is 3.46. The molecule has 1 fully saturated rings. The van der Waals surface area contributed by atoms with Crippen LogP contribution in [0.2, 0.25) is 0 Å². The smallest absolute Gasteiger partial charge is 0.118 e. The van der Waals surface area contributed by atoms with Crippen LogP contribution in [0.25, 0.3) is 0 Å². The van der Waals surface area contributed by atoms with Crippen molar-refractivity contribution in [3.63, 3.8) is 0 Å². The highest BCUT2D eigenvalue weighted by Gasteiger charge is 2.32. The standard InChI is InChI=1S/C13H19NO2/c1-14-8-7-11(9-15)13(14)10-3-5-12(16-2)6-4-10/h3-6,11,13,15H,7-9H2,1-2H3/t11-,13+/m0/s1. The highest BCUT2D eigenvalue weighted by Crippen LogP contribution is 2.36. The maximum absolute atomic E-state index is 9.36. The number of benzene rings is 1. The number of rotatable bonds is 3. The average Bonchev–Trinajstić information content (AvgIpc) is 2.70. The average molecular weight is 221 g/mol. The number of aliphatic hydroxyl groups excluding tert-OH is 1. The van der Waals surface area contributed by atoms with Gasteiger partial charge in [0, 0.05) is 18.6 Å². The van der Waals surface area contributed by atoms with E-state index in [9.17, 15) is 5.11 Å². The van der Waals surface area contributed by atoms with Gasteiger partial charge < -0.3 is 9.84 Å². The summed E-state index contributed by atoms with van der Waals surface area (Å²) in [6.45, 7) is 1.32. The van der Waals surface area contributed by atoms with E-state index in [0.717, 1.165) is 18.7 Å². The first-order chi connectivity index (χ1) is 7.76. The predicted molar refractivity (Wildman–Crippen MR) is 63.6 cm³/mol. The van der Waals surface area contributed by atoms with E-state index < -0.39 is 0 Å². The minimum atomic E-state index is 0.265. The molecule has 0 aliphatic carbocycles. The summed E-state index contributed by atoms with van der Waals surface area (Å²) >= 11 is 0. The fraction of sp³-hybridized carbons (Fsp3) is 0.538. The molecule has 3 nitrogen and oxygen atoms in total. The molecule has 0 spiro atoms. The van der Waals surface area contributed by atoms with Crippen LogP contribution in [0.5, 0.6) is 5.75 Å². The highest BCUT2D eigenvalue weighted by atomic mass is 16.5. The number of nitrogens with zero attached hydrogens (tertiary/aromatic N) is 1. The molecule has 3 heteroatoms. The Bertz CT molecular complexity index is 336. The number of hydrogen-bond acceptors (Lipinski definition) is 3. The molecule has 88 valence electrons. The first-order valence-electron chi connectivity index (χ1n) is 5.71. The Morgan fingerprint density at radius 1 is 1.38 bits per heavy atom. The Hall–Kier alpha value is -1.06. The van der Waals surface area contributed by atoms with Gasteiger partial charge >= 0.3 is 0 Å². The Balaban J connectivity index is 2.21. The van der Waals surface area contributed by atoms with Crippen LogP contribution in [-0.2, 0) is 0 Å². The van der Waals surface area contributed by atoms with Crippen molar-refractivity contribution in [3.05, 3.63) is 29.8 Å². The van der Waals surface area contributed by atoms with Crippen LogP contribution < -0.4 is 4.74 Å². The summed E-state index contributed by atoms with van der Waals surface area (Å²) in [6.07, 6.45) is 1.07. The largest absolute Gasteiger partial charge is 0.497 e. The van der Waals surface area contributed by atoms with Gasteiger partial charge in [-0.25, -0.2) is 0 Å². The van der Waals surface area contributed by atoms with Crippen LogP contribution in [0.1, 0.15) is 18.0 Å². The summed E-state index contributed by atoms with van der Waals surface area (Å²) in [6, 6.07) is 8.49. The number of hydrogen-bond donors (Lipinski definition) is 1. The van der Waals surface area contributed by atoms with E-state index in [1.54, 1.807) is 7.11 Å². The van der Waals surface area contributed by atoms with Crippen molar-refractivity contribution in [1.29, 1.82) is 0 Å². The first-order valence-corrected chi connectivity index (χ1v) is 5.71. The third-order valence-corrected chi connectivity index (χ3v) is 3.47. The molecule has 0 unspecified atom stereocenters. The number of methoxy groups -OCH3 is 1. The summed E-state index contributed by atoms with van der Waals surface area (Å²) in [5, 5.41) is 9.36. The first kappa shape index (κ1) is 11.4. The van der Waals surface area contributed by atoms with Gasteiger partial charge in [0.15, 0.2) is 0 Å². The van der Waals surface area contributed by atoms with Crippen molar-refractivity contribution >= 4 is 0 Å². The van der Waals surface area contributed by atoms with Crippen molar-refractivity contribution in [1.82, 2.24) is 4.90 Å². The summed E-state index contributed by atoms with van der Waals surface area (Å²) < 4.78 is 5.15. The van der Waals surface area contributed by atoms with Crippen LogP contribution in [0, 0.1) is 5.92 Å². The van der Waals surface area contributed by atoms with Crippen molar-refractivity contribution < 1.29 is 9.84 Å². The molecule has 2 atom stereocenters. The van der Waals surface area contributed by atoms with Crippen molar-refractivity contribution in [2.24, 2.45) is 5.92 Å². The topological polar surface area (TPSA) is 32.7 Å². The van der Waals surface area contributed by atoms with Crippen LogP contribution in [0.15, 0.2) is 24.3 Å². The van der Waals surface area contributed by atoms with Crippen LogP contribution >= 0.6 is 0 Å². The minimum Gasteiger partial charge on any atom is -0.497 e. The molecule has 0 aromatic heterocycles. The molecule has 1 N–H and O–H groups in total. The predicted octanol–water partition coefficient (Wildman–Crippen LogP) is 1.68. The molecule has 1 aliphatic rings. The maximum Gasteiger partial charge on any atom is 0.118 e. The zero-order valence-corrected chi connectivity index (χ0v) is 9.89. The second kappa shape index (κ2) is 4.85. The SMILES string of the molecule is COc1ccc([C@@H]2[C@H](CO)CCN2C)cc1. The molecule has 1 aromatic rings. The van der Waals surface area contributed by atoms with E-state index >= 15 is 0 Å². The monoisotopic (exact) mass is 221 g/mol. The van der Waals surface area contributed by atoms with E-state index in [0.29, 0.717) is 12.0 Å². The number of ether oxygens (including phenoxy) is 1. The van der Waals surface area contributed by atoms with Crippen LogP contribution in [0.3, 0.4) is 0 Å². The molecular weight excluding hydrogens is 202 g/mol. The number of likely N-dealkylation sites (tertiary alicyclic amines) is 1. The lowest BCUT2D eigenvalue weighted by atomic mass is 9.94. The molecule has 0 amide bonds. The summed E-state index contributed by atoms with van der Waals surface area (Å²) in [5.41, 5.74) is 1.26. The fourth-order valence-electron chi connectivity index (χ4n) is 2.55. The van der Waals surface area contributed by atoms with Gasteiger partial charge in [-0.05, 0) is 37.7 Å². The second-order valence-electron chi connectivity index (χ2n) is 4.43. The minimum absolute atomic E-state index is 0.265. The van der Waals surface area contributed by atoms with E-state index in [-0.39, 0.29) is 6.61 Å². The van der Waals surface area contributed by atoms with E-state index in [2.05, 4.69) is 24.1 Å².